The van der Waals surface area contributed by atoms with E-state index in [9.17, 15) is 0 Å². The molecule has 0 radical (unpaired) electrons. The molecule has 2 heterocycles. The van der Waals surface area contributed by atoms with E-state index >= 15 is 0 Å². The predicted octanol–water partition coefficient (Wildman–Crippen LogP) is 18.7. The number of benzene rings is 8. The summed E-state index contributed by atoms with van der Waals surface area (Å²) in [6.45, 7) is 7.38. The Labute approximate surface area is 414 Å². The third kappa shape index (κ3) is 6.79. The van der Waals surface area contributed by atoms with Crippen molar-refractivity contribution in [2.24, 2.45) is 17.8 Å². The van der Waals surface area contributed by atoms with Crippen LogP contribution in [0.1, 0.15) is 78.8 Å². The average Bonchev–Trinajstić information content (AvgIpc) is 3.90. The number of allylic oxidation sites excluding steroid dienone is 8. The highest BCUT2D eigenvalue weighted by Gasteiger charge is 2.53. The third-order valence-electron chi connectivity index (χ3n) is 16.8. The molecule has 0 N–H and O–H groups in total. The van der Waals surface area contributed by atoms with Crippen molar-refractivity contribution in [2.45, 2.75) is 57.3 Å². The number of thiophene rings is 1. The Morgan fingerprint density at radius 1 is 0.614 bits per heavy atom. The van der Waals surface area contributed by atoms with Gasteiger partial charge in [0.1, 0.15) is 11.2 Å². The number of hydrogen-bond acceptors (Lipinski definition) is 2. The second kappa shape index (κ2) is 16.2. The topological polar surface area (TPSA) is 13.1 Å². The van der Waals surface area contributed by atoms with Gasteiger partial charge in [-0.15, -0.1) is 11.3 Å². The van der Waals surface area contributed by atoms with E-state index in [2.05, 4.69) is 227 Å². The van der Waals surface area contributed by atoms with E-state index in [1.807, 2.05) is 11.3 Å². The molecule has 1 fully saturated rings. The summed E-state index contributed by atoms with van der Waals surface area (Å²) in [5.41, 5.74) is 21.3. The molecule has 70 heavy (non-hydrogen) atoms. The van der Waals surface area contributed by atoms with Crippen LogP contribution in [0.3, 0.4) is 0 Å². The van der Waals surface area contributed by atoms with E-state index in [1.165, 1.54) is 104 Å². The van der Waals surface area contributed by atoms with E-state index in [1.54, 1.807) is 5.57 Å². The number of fused-ring (bicyclic) bond motifs is 10. The second-order valence-corrected chi connectivity index (χ2v) is 22.2. The predicted molar refractivity (Wildman–Crippen MR) is 297 cm³/mol. The van der Waals surface area contributed by atoms with Crippen molar-refractivity contribution in [3.8, 4) is 22.3 Å². The lowest BCUT2D eigenvalue weighted by Gasteiger charge is -2.29. The van der Waals surface area contributed by atoms with Crippen LogP contribution in [0, 0.1) is 17.8 Å². The molecule has 4 aliphatic rings. The normalized spacial score (nSPS) is 19.8. The fourth-order valence-corrected chi connectivity index (χ4v) is 14.1. The van der Waals surface area contributed by atoms with E-state index < -0.39 is 0 Å². The summed E-state index contributed by atoms with van der Waals surface area (Å²) >= 11 is 1.90. The number of furan rings is 1. The maximum absolute atomic E-state index is 6.51. The number of hydrogen-bond donors (Lipinski definition) is 0. The molecule has 4 aliphatic carbocycles. The maximum Gasteiger partial charge on any atom is 0.143 e. The van der Waals surface area contributed by atoms with Crippen LogP contribution in [-0.2, 0) is 11.8 Å². The summed E-state index contributed by atoms with van der Waals surface area (Å²) in [6.07, 6.45) is 13.3. The van der Waals surface area contributed by atoms with Crippen molar-refractivity contribution in [2.75, 3.05) is 0 Å². The highest BCUT2D eigenvalue weighted by atomic mass is 32.1. The molecule has 338 valence electrons. The highest BCUT2D eigenvalue weighted by Crippen LogP contribution is 2.65. The molecular formula is C68H54OS. The minimum absolute atomic E-state index is 0.0329. The van der Waals surface area contributed by atoms with Gasteiger partial charge >= 0.3 is 0 Å². The van der Waals surface area contributed by atoms with E-state index in [0.717, 1.165) is 29.6 Å². The Morgan fingerprint density at radius 2 is 1.37 bits per heavy atom. The van der Waals surface area contributed by atoms with E-state index in [0.29, 0.717) is 29.6 Å². The standard InChI is InChI=1S/C68H54OS/c1-41(43-27-29-45(30-28-43)48-32-34-65-59(37-48)54-18-8-10-22-64(54)70-65)56(49-16-11-15-47(36-49)44-13-5-4-6-14-44)35-42-23-25-46(26-24-42)57-39-60-52-33-31-50(38-62(52)68(2,3)66(60)61-40-58(57)61)51-19-12-20-55-53-17-7-9-21-63(53)69-67(51)55/h4-29,31-34,36-39,41,45,56,58,61H,30,35,40H2,1-3H3. The first kappa shape index (κ1) is 41.7. The van der Waals surface area contributed by atoms with Gasteiger partial charge in [0.2, 0.25) is 0 Å². The third-order valence-corrected chi connectivity index (χ3v) is 17.9. The largest absolute Gasteiger partial charge is 0.455 e. The van der Waals surface area contributed by atoms with Gasteiger partial charge in [0.25, 0.3) is 0 Å². The minimum atomic E-state index is -0.0329. The van der Waals surface area contributed by atoms with Crippen LogP contribution < -0.4 is 0 Å². The Bertz CT molecular complexity index is 3870. The van der Waals surface area contributed by atoms with Gasteiger partial charge in [-0.05, 0) is 146 Å². The highest BCUT2D eigenvalue weighted by molar-refractivity contribution is 7.25. The molecule has 2 heteroatoms. The summed E-state index contributed by atoms with van der Waals surface area (Å²) in [5.74, 6) is 2.20. The molecule has 0 aliphatic heterocycles. The van der Waals surface area contributed by atoms with Gasteiger partial charge in [-0.1, -0.05) is 197 Å². The zero-order valence-corrected chi connectivity index (χ0v) is 40.8. The van der Waals surface area contributed by atoms with Crippen LogP contribution >= 0.6 is 11.3 Å². The maximum atomic E-state index is 6.51. The lowest BCUT2D eigenvalue weighted by molar-refractivity contribution is 0.522. The first-order valence-electron chi connectivity index (χ1n) is 25.4. The number of para-hydroxylation sites is 2. The zero-order valence-electron chi connectivity index (χ0n) is 40.0. The quantitative estimate of drug-likeness (QED) is 0.141. The molecule has 14 rings (SSSR count). The summed E-state index contributed by atoms with van der Waals surface area (Å²) in [7, 11) is 0. The monoisotopic (exact) mass is 918 g/mol. The van der Waals surface area contributed by atoms with Crippen LogP contribution in [0.25, 0.3) is 75.5 Å². The van der Waals surface area contributed by atoms with E-state index in [4.69, 9.17) is 4.42 Å². The second-order valence-electron chi connectivity index (χ2n) is 21.1. The zero-order chi connectivity index (χ0) is 46.7. The van der Waals surface area contributed by atoms with Gasteiger partial charge < -0.3 is 4.42 Å². The van der Waals surface area contributed by atoms with Crippen LogP contribution in [0.2, 0.25) is 0 Å². The molecule has 1 saturated carbocycles. The van der Waals surface area contributed by atoms with Crippen LogP contribution in [0.15, 0.2) is 222 Å². The molecule has 0 bridgehead atoms. The summed E-state index contributed by atoms with van der Waals surface area (Å²) in [4.78, 5) is 0. The SMILES string of the molecule is CC(C1=CCC(c2ccc3sc4ccccc4c3c2)C=C1)C(Cc1ccc(C2=CC3=C(C4CC24)C(C)(C)c2cc(-c4cccc5c4oc4ccccc45)ccc23)cc1)c1cccc(-c2ccccc2)c1. The fraction of sp³-hybridized carbons (Fsp3) is 0.176. The van der Waals surface area contributed by atoms with Gasteiger partial charge in [-0.2, -0.15) is 0 Å². The molecule has 2 aromatic heterocycles. The molecule has 8 aromatic carbocycles. The van der Waals surface area contributed by atoms with Crippen LogP contribution in [-0.4, -0.2) is 0 Å². The first-order chi connectivity index (χ1) is 34.3. The Kier molecular flexibility index (Phi) is 9.62. The Morgan fingerprint density at radius 3 is 2.23 bits per heavy atom. The van der Waals surface area contributed by atoms with Crippen molar-refractivity contribution in [3.05, 3.63) is 251 Å². The van der Waals surface area contributed by atoms with Gasteiger partial charge in [-0.3, -0.25) is 0 Å². The molecule has 5 unspecified atom stereocenters. The van der Waals surface area contributed by atoms with Gasteiger partial charge in [0, 0.05) is 47.8 Å². The molecule has 0 amide bonds. The van der Waals surface area contributed by atoms with Crippen LogP contribution in [0.4, 0.5) is 0 Å². The smallest absolute Gasteiger partial charge is 0.143 e. The molecular weight excluding hydrogens is 865 g/mol. The molecule has 10 aromatic rings. The fourth-order valence-electron chi connectivity index (χ4n) is 13.0. The van der Waals surface area contributed by atoms with Crippen molar-refractivity contribution < 1.29 is 4.42 Å². The van der Waals surface area contributed by atoms with Crippen molar-refractivity contribution in [1.82, 2.24) is 0 Å². The van der Waals surface area contributed by atoms with Crippen molar-refractivity contribution in [1.29, 1.82) is 0 Å². The lowest BCUT2D eigenvalue weighted by Crippen LogP contribution is -2.20. The Balaban J connectivity index is 0.756. The van der Waals surface area contributed by atoms with E-state index in [-0.39, 0.29) is 5.41 Å². The molecule has 0 spiro atoms. The molecule has 1 nitrogen and oxygen atoms in total. The van der Waals surface area contributed by atoms with Gasteiger partial charge in [-0.25, -0.2) is 0 Å². The van der Waals surface area contributed by atoms with Crippen molar-refractivity contribution >= 4 is 64.6 Å². The summed E-state index contributed by atoms with van der Waals surface area (Å²) in [5, 5.41) is 5.10. The van der Waals surface area contributed by atoms with Crippen molar-refractivity contribution in [3.63, 3.8) is 0 Å². The summed E-state index contributed by atoms with van der Waals surface area (Å²) < 4.78 is 9.25. The minimum Gasteiger partial charge on any atom is -0.455 e. The Hall–Kier alpha value is -7.26. The van der Waals surface area contributed by atoms with Crippen LogP contribution in [0.5, 0.6) is 0 Å². The first-order valence-corrected chi connectivity index (χ1v) is 26.2. The summed E-state index contributed by atoms with van der Waals surface area (Å²) in [6, 6.07) is 68.1. The molecule has 5 atom stereocenters. The average molecular weight is 919 g/mol. The van der Waals surface area contributed by atoms with Gasteiger partial charge in [0.05, 0.1) is 0 Å². The van der Waals surface area contributed by atoms with Gasteiger partial charge in [0.15, 0.2) is 0 Å². The number of rotatable bonds is 9. The lowest BCUT2D eigenvalue weighted by atomic mass is 9.75. The molecule has 0 saturated heterocycles.